The summed E-state index contributed by atoms with van der Waals surface area (Å²) in [6.07, 6.45) is 3.40. The van der Waals surface area contributed by atoms with Crippen molar-refractivity contribution >= 4 is 0 Å². The summed E-state index contributed by atoms with van der Waals surface area (Å²) >= 11 is 0. The van der Waals surface area contributed by atoms with Crippen LogP contribution in [0.15, 0.2) is 30.3 Å². The van der Waals surface area contributed by atoms with E-state index in [1.807, 2.05) is 0 Å². The highest BCUT2D eigenvalue weighted by Gasteiger charge is 2.27. The third-order valence-electron chi connectivity index (χ3n) is 4.35. The molecule has 3 heteroatoms. The quantitative estimate of drug-likeness (QED) is 0.810. The van der Waals surface area contributed by atoms with Crippen LogP contribution in [0, 0.1) is 5.92 Å². The zero-order valence-electron chi connectivity index (χ0n) is 13.5. The van der Waals surface area contributed by atoms with E-state index in [9.17, 15) is 5.11 Å². The Labute approximate surface area is 129 Å². The topological polar surface area (TPSA) is 35.5 Å². The van der Waals surface area contributed by atoms with Crippen molar-refractivity contribution < 1.29 is 5.11 Å². The predicted octanol–water partition coefficient (Wildman–Crippen LogP) is 2.65. The molecule has 0 saturated carbocycles. The lowest BCUT2D eigenvalue weighted by Gasteiger charge is -2.38. The second kappa shape index (κ2) is 8.52. The molecule has 118 valence electrons. The van der Waals surface area contributed by atoms with E-state index in [0.29, 0.717) is 18.0 Å². The lowest BCUT2D eigenvalue weighted by Crippen LogP contribution is -2.47. The Balaban J connectivity index is 1.92. The number of aliphatic hydroxyl groups excluding tert-OH is 1. The van der Waals surface area contributed by atoms with Crippen LogP contribution in [-0.4, -0.2) is 41.8 Å². The largest absolute Gasteiger partial charge is 0.396 e. The summed E-state index contributed by atoms with van der Waals surface area (Å²) in [6.45, 7) is 8.03. The van der Waals surface area contributed by atoms with E-state index in [1.165, 1.54) is 24.9 Å². The van der Waals surface area contributed by atoms with E-state index in [2.05, 4.69) is 54.4 Å². The van der Waals surface area contributed by atoms with E-state index >= 15 is 0 Å². The maximum atomic E-state index is 9.33. The van der Waals surface area contributed by atoms with E-state index in [4.69, 9.17) is 0 Å². The summed E-state index contributed by atoms with van der Waals surface area (Å²) < 4.78 is 0. The highest BCUT2D eigenvalue weighted by Crippen LogP contribution is 2.23. The lowest BCUT2D eigenvalue weighted by atomic mass is 9.88. The van der Waals surface area contributed by atoms with Crippen LogP contribution >= 0.6 is 0 Å². The van der Waals surface area contributed by atoms with E-state index in [0.717, 1.165) is 19.5 Å². The zero-order valence-corrected chi connectivity index (χ0v) is 13.5. The third-order valence-corrected chi connectivity index (χ3v) is 4.35. The number of hydrogen-bond acceptors (Lipinski definition) is 3. The Kier molecular flexibility index (Phi) is 6.68. The number of piperidine rings is 1. The van der Waals surface area contributed by atoms with Crippen LogP contribution in [-0.2, 0) is 6.54 Å². The standard InChI is InChI=1S/C18H30N2O/c1-15(2)19-18(10-12-21)17-9-6-11-20(14-17)13-16-7-4-3-5-8-16/h3-5,7-8,15,17-19,21H,6,9-14H2,1-2H3. The fourth-order valence-corrected chi connectivity index (χ4v) is 3.43. The Hall–Kier alpha value is -0.900. The van der Waals surface area contributed by atoms with E-state index < -0.39 is 0 Å². The van der Waals surface area contributed by atoms with E-state index in [-0.39, 0.29) is 6.61 Å². The number of nitrogens with one attached hydrogen (secondary N) is 1. The molecule has 1 heterocycles. The van der Waals surface area contributed by atoms with Crippen molar-refractivity contribution in [2.24, 2.45) is 5.92 Å². The Morgan fingerprint density at radius 1 is 1.29 bits per heavy atom. The van der Waals surface area contributed by atoms with Crippen LogP contribution in [0.25, 0.3) is 0 Å². The van der Waals surface area contributed by atoms with Gasteiger partial charge in [0.1, 0.15) is 0 Å². The van der Waals surface area contributed by atoms with Gasteiger partial charge in [-0.15, -0.1) is 0 Å². The van der Waals surface area contributed by atoms with Crippen molar-refractivity contribution in [1.82, 2.24) is 10.2 Å². The minimum absolute atomic E-state index is 0.277. The summed E-state index contributed by atoms with van der Waals surface area (Å²) in [4.78, 5) is 2.57. The first-order valence-electron chi connectivity index (χ1n) is 8.32. The van der Waals surface area contributed by atoms with Gasteiger partial charge in [-0.3, -0.25) is 4.90 Å². The summed E-state index contributed by atoms with van der Waals surface area (Å²) in [5, 5.41) is 13.0. The van der Waals surface area contributed by atoms with Gasteiger partial charge in [0.15, 0.2) is 0 Å². The SMILES string of the molecule is CC(C)NC(CCO)C1CCCN(Cc2ccccc2)C1. The van der Waals surface area contributed by atoms with Crippen molar-refractivity contribution in [3.8, 4) is 0 Å². The molecule has 2 atom stereocenters. The van der Waals surface area contributed by atoms with Crippen LogP contribution in [0.4, 0.5) is 0 Å². The van der Waals surface area contributed by atoms with E-state index in [1.54, 1.807) is 0 Å². The van der Waals surface area contributed by atoms with Gasteiger partial charge in [-0.1, -0.05) is 44.2 Å². The van der Waals surface area contributed by atoms with Crippen molar-refractivity contribution in [2.45, 2.75) is 51.7 Å². The number of likely N-dealkylation sites (tertiary alicyclic amines) is 1. The first-order valence-corrected chi connectivity index (χ1v) is 8.32. The molecule has 0 spiro atoms. The smallest absolute Gasteiger partial charge is 0.0445 e. The molecule has 0 bridgehead atoms. The van der Waals surface area contributed by atoms with Crippen LogP contribution in [0.1, 0.15) is 38.7 Å². The molecule has 1 aliphatic rings. The maximum Gasteiger partial charge on any atom is 0.0445 e. The summed E-state index contributed by atoms with van der Waals surface area (Å²) in [5.74, 6) is 0.650. The number of hydrogen-bond donors (Lipinski definition) is 2. The molecule has 2 rings (SSSR count). The van der Waals surface area contributed by atoms with Crippen LogP contribution < -0.4 is 5.32 Å². The second-order valence-electron chi connectivity index (χ2n) is 6.56. The Morgan fingerprint density at radius 3 is 2.71 bits per heavy atom. The maximum absolute atomic E-state index is 9.33. The third kappa shape index (κ3) is 5.42. The van der Waals surface area contributed by atoms with Gasteiger partial charge >= 0.3 is 0 Å². The zero-order chi connectivity index (χ0) is 15.1. The number of benzene rings is 1. The minimum atomic E-state index is 0.277. The first-order chi connectivity index (χ1) is 10.2. The minimum Gasteiger partial charge on any atom is -0.396 e. The molecule has 1 aromatic rings. The molecule has 0 aromatic heterocycles. The second-order valence-corrected chi connectivity index (χ2v) is 6.56. The van der Waals surface area contributed by atoms with Gasteiger partial charge in [-0.2, -0.15) is 0 Å². The van der Waals surface area contributed by atoms with Gasteiger partial charge in [0.25, 0.3) is 0 Å². The summed E-state index contributed by atoms with van der Waals surface area (Å²) in [6, 6.07) is 11.6. The molecule has 2 unspecified atom stereocenters. The van der Waals surface area contributed by atoms with Crippen LogP contribution in [0.5, 0.6) is 0 Å². The van der Waals surface area contributed by atoms with Gasteiger partial charge in [0.2, 0.25) is 0 Å². The van der Waals surface area contributed by atoms with Gasteiger partial charge in [0.05, 0.1) is 0 Å². The monoisotopic (exact) mass is 290 g/mol. The predicted molar refractivity (Wildman–Crippen MR) is 88.2 cm³/mol. The first kappa shape index (κ1) is 16.5. The molecular weight excluding hydrogens is 260 g/mol. The molecule has 0 amide bonds. The van der Waals surface area contributed by atoms with Crippen molar-refractivity contribution in [3.63, 3.8) is 0 Å². The fourth-order valence-electron chi connectivity index (χ4n) is 3.43. The molecule has 21 heavy (non-hydrogen) atoms. The Morgan fingerprint density at radius 2 is 2.05 bits per heavy atom. The van der Waals surface area contributed by atoms with Gasteiger partial charge in [-0.05, 0) is 37.3 Å². The molecule has 1 saturated heterocycles. The van der Waals surface area contributed by atoms with Crippen LogP contribution in [0.3, 0.4) is 0 Å². The average molecular weight is 290 g/mol. The Bertz CT molecular complexity index is 393. The van der Waals surface area contributed by atoms with Gasteiger partial charge in [0, 0.05) is 31.8 Å². The lowest BCUT2D eigenvalue weighted by molar-refractivity contribution is 0.124. The molecular formula is C18H30N2O. The fraction of sp³-hybridized carbons (Fsp3) is 0.667. The molecule has 0 radical (unpaired) electrons. The van der Waals surface area contributed by atoms with Gasteiger partial charge in [-0.25, -0.2) is 0 Å². The van der Waals surface area contributed by atoms with Crippen molar-refractivity contribution in [1.29, 1.82) is 0 Å². The molecule has 1 aromatic carbocycles. The molecule has 1 aliphatic heterocycles. The van der Waals surface area contributed by atoms with Crippen molar-refractivity contribution in [2.75, 3.05) is 19.7 Å². The molecule has 3 nitrogen and oxygen atoms in total. The van der Waals surface area contributed by atoms with Crippen LogP contribution in [0.2, 0.25) is 0 Å². The highest BCUT2D eigenvalue weighted by molar-refractivity contribution is 5.14. The molecule has 1 fully saturated rings. The van der Waals surface area contributed by atoms with Gasteiger partial charge < -0.3 is 10.4 Å². The molecule has 2 N–H and O–H groups in total. The highest BCUT2D eigenvalue weighted by atomic mass is 16.3. The average Bonchev–Trinajstić information content (AvgIpc) is 2.48. The molecule has 0 aliphatic carbocycles. The van der Waals surface area contributed by atoms with Crippen molar-refractivity contribution in [3.05, 3.63) is 35.9 Å². The summed E-state index contributed by atoms with van der Waals surface area (Å²) in [7, 11) is 0. The number of nitrogens with zero attached hydrogens (tertiary/aromatic N) is 1. The normalized spacial score (nSPS) is 21.6. The number of rotatable bonds is 7. The summed E-state index contributed by atoms with van der Waals surface area (Å²) in [5.41, 5.74) is 1.40. The number of aliphatic hydroxyl groups is 1.